The van der Waals surface area contributed by atoms with Gasteiger partial charge in [0.25, 0.3) is 0 Å². The molecule has 0 spiro atoms. The molecule has 2 N–H and O–H groups in total. The Labute approximate surface area is 121 Å². The molecule has 1 atom stereocenters. The lowest BCUT2D eigenvalue weighted by Crippen LogP contribution is -2.34. The second-order valence-corrected chi connectivity index (χ2v) is 5.39. The van der Waals surface area contributed by atoms with E-state index in [-0.39, 0.29) is 12.5 Å². The van der Waals surface area contributed by atoms with Crippen LogP contribution in [0.25, 0.3) is 0 Å². The van der Waals surface area contributed by atoms with Crippen LogP contribution in [0.15, 0.2) is 24.3 Å². The number of hydrogen-bond donors (Lipinski definition) is 2. The summed E-state index contributed by atoms with van der Waals surface area (Å²) in [4.78, 5) is 11.8. The van der Waals surface area contributed by atoms with Gasteiger partial charge in [-0.3, -0.25) is 4.79 Å². The van der Waals surface area contributed by atoms with E-state index in [0.717, 1.165) is 38.1 Å². The van der Waals surface area contributed by atoms with Gasteiger partial charge in [-0.05, 0) is 49.5 Å². The fourth-order valence-electron chi connectivity index (χ4n) is 2.44. The topological polar surface area (TPSA) is 41.1 Å². The number of hydrogen-bond acceptors (Lipinski definition) is 2. The molecule has 1 aromatic rings. The molecule has 1 aromatic carbocycles. The van der Waals surface area contributed by atoms with Crippen LogP contribution in [0.1, 0.15) is 30.4 Å². The Morgan fingerprint density at radius 2 is 2.00 bits per heavy atom. The Hall–Kier alpha value is -1.56. The highest BCUT2D eigenvalue weighted by Gasteiger charge is 2.29. The molecule has 0 saturated carbocycles. The minimum Gasteiger partial charge on any atom is -0.352 e. The van der Waals surface area contributed by atoms with Gasteiger partial charge in [-0.25, -0.2) is 0 Å². The first kappa shape index (κ1) is 15.8. The number of nitrogens with one attached hydrogen (secondary N) is 2. The van der Waals surface area contributed by atoms with Crippen LogP contribution < -0.4 is 10.6 Å². The SMILES string of the molecule is O=C(CC1CCCNC1)NCc1ccc(C(F)(F)F)cc1. The van der Waals surface area contributed by atoms with Gasteiger partial charge in [0.2, 0.25) is 5.91 Å². The van der Waals surface area contributed by atoms with Gasteiger partial charge in [0.15, 0.2) is 0 Å². The molecule has 21 heavy (non-hydrogen) atoms. The molecule has 2 rings (SSSR count). The predicted molar refractivity (Wildman–Crippen MR) is 73.5 cm³/mol. The predicted octanol–water partition coefficient (Wildman–Crippen LogP) is 2.71. The lowest BCUT2D eigenvalue weighted by Gasteiger charge is -2.22. The van der Waals surface area contributed by atoms with Gasteiger partial charge >= 0.3 is 6.18 Å². The lowest BCUT2D eigenvalue weighted by atomic mass is 9.96. The van der Waals surface area contributed by atoms with E-state index in [2.05, 4.69) is 10.6 Å². The Balaban J connectivity index is 1.78. The number of piperidine rings is 1. The van der Waals surface area contributed by atoms with Crippen molar-refractivity contribution in [2.45, 2.75) is 32.0 Å². The van der Waals surface area contributed by atoms with Gasteiger partial charge in [-0.15, -0.1) is 0 Å². The van der Waals surface area contributed by atoms with Crippen LogP contribution in [-0.2, 0) is 17.5 Å². The van der Waals surface area contributed by atoms with Gasteiger partial charge in [0.05, 0.1) is 5.56 Å². The normalized spacial score (nSPS) is 19.3. The minimum atomic E-state index is -4.32. The first-order chi connectivity index (χ1) is 9.95. The van der Waals surface area contributed by atoms with Gasteiger partial charge < -0.3 is 10.6 Å². The van der Waals surface area contributed by atoms with Crippen molar-refractivity contribution in [3.8, 4) is 0 Å². The molecule has 6 heteroatoms. The molecule has 1 amide bonds. The van der Waals surface area contributed by atoms with Gasteiger partial charge in [-0.1, -0.05) is 12.1 Å². The monoisotopic (exact) mass is 300 g/mol. The molecule has 0 aliphatic carbocycles. The van der Waals surface area contributed by atoms with E-state index in [1.807, 2.05) is 0 Å². The molecule has 1 saturated heterocycles. The van der Waals surface area contributed by atoms with E-state index in [4.69, 9.17) is 0 Å². The number of rotatable bonds is 4. The summed E-state index contributed by atoms with van der Waals surface area (Å²) in [5.41, 5.74) is -0.0102. The number of halogens is 3. The molecule has 1 heterocycles. The molecule has 0 bridgehead atoms. The molecule has 1 unspecified atom stereocenters. The highest BCUT2D eigenvalue weighted by Crippen LogP contribution is 2.29. The number of carbonyl (C=O) groups excluding carboxylic acids is 1. The third-order valence-corrected chi connectivity index (χ3v) is 3.64. The van der Waals surface area contributed by atoms with E-state index in [1.165, 1.54) is 12.1 Å². The maximum absolute atomic E-state index is 12.4. The molecule has 116 valence electrons. The average molecular weight is 300 g/mol. The van der Waals surface area contributed by atoms with Crippen molar-refractivity contribution in [3.63, 3.8) is 0 Å². The van der Waals surface area contributed by atoms with Gasteiger partial charge in [0, 0.05) is 13.0 Å². The smallest absolute Gasteiger partial charge is 0.352 e. The standard InChI is InChI=1S/C15H19F3N2O/c16-15(17,18)13-5-3-11(4-6-13)10-20-14(21)8-12-2-1-7-19-9-12/h3-6,12,19H,1-2,7-10H2,(H,20,21). The summed E-state index contributed by atoms with van der Waals surface area (Å²) in [6.07, 6.45) is -1.74. The van der Waals surface area contributed by atoms with E-state index >= 15 is 0 Å². The van der Waals surface area contributed by atoms with Crippen molar-refractivity contribution in [1.29, 1.82) is 0 Å². The summed E-state index contributed by atoms with van der Waals surface area (Å²) in [5, 5.41) is 6.00. The minimum absolute atomic E-state index is 0.0522. The number of alkyl halides is 3. The molecule has 3 nitrogen and oxygen atoms in total. The summed E-state index contributed by atoms with van der Waals surface area (Å²) in [6.45, 7) is 2.12. The molecule has 1 aliphatic rings. The summed E-state index contributed by atoms with van der Waals surface area (Å²) in [5.74, 6) is 0.301. The largest absolute Gasteiger partial charge is 0.416 e. The second-order valence-electron chi connectivity index (χ2n) is 5.39. The van der Waals surface area contributed by atoms with Crippen LogP contribution in [0.5, 0.6) is 0 Å². The fourth-order valence-corrected chi connectivity index (χ4v) is 2.44. The first-order valence-electron chi connectivity index (χ1n) is 7.08. The van der Waals surface area contributed by atoms with E-state index in [0.29, 0.717) is 17.9 Å². The van der Waals surface area contributed by atoms with Crippen LogP contribution >= 0.6 is 0 Å². The molecular weight excluding hydrogens is 281 g/mol. The van der Waals surface area contributed by atoms with E-state index in [1.54, 1.807) is 0 Å². The number of carbonyl (C=O) groups is 1. The Bertz CT molecular complexity index is 465. The van der Waals surface area contributed by atoms with Crippen molar-refractivity contribution in [1.82, 2.24) is 10.6 Å². The Kier molecular flexibility index (Phi) is 5.22. The van der Waals surface area contributed by atoms with Crippen LogP contribution in [0.2, 0.25) is 0 Å². The Morgan fingerprint density at radius 3 is 2.57 bits per heavy atom. The maximum atomic E-state index is 12.4. The first-order valence-corrected chi connectivity index (χ1v) is 7.08. The molecule has 1 aliphatic heterocycles. The van der Waals surface area contributed by atoms with Crippen molar-refractivity contribution in [2.24, 2.45) is 5.92 Å². The van der Waals surface area contributed by atoms with Crippen LogP contribution in [-0.4, -0.2) is 19.0 Å². The number of benzene rings is 1. The van der Waals surface area contributed by atoms with Crippen LogP contribution in [0.4, 0.5) is 13.2 Å². The average Bonchev–Trinajstić information content (AvgIpc) is 2.46. The highest BCUT2D eigenvalue weighted by atomic mass is 19.4. The summed E-state index contributed by atoms with van der Waals surface area (Å²) in [6, 6.07) is 4.86. The molecule has 0 radical (unpaired) electrons. The number of amides is 1. The van der Waals surface area contributed by atoms with Crippen molar-refractivity contribution in [2.75, 3.05) is 13.1 Å². The Morgan fingerprint density at radius 1 is 1.29 bits per heavy atom. The highest BCUT2D eigenvalue weighted by molar-refractivity contribution is 5.76. The second kappa shape index (κ2) is 6.93. The van der Waals surface area contributed by atoms with Gasteiger partial charge in [-0.2, -0.15) is 13.2 Å². The van der Waals surface area contributed by atoms with E-state index < -0.39 is 11.7 Å². The molecular formula is C15H19F3N2O. The van der Waals surface area contributed by atoms with Crippen LogP contribution in [0, 0.1) is 5.92 Å². The van der Waals surface area contributed by atoms with E-state index in [9.17, 15) is 18.0 Å². The lowest BCUT2D eigenvalue weighted by molar-refractivity contribution is -0.137. The zero-order valence-corrected chi connectivity index (χ0v) is 11.7. The zero-order valence-electron chi connectivity index (χ0n) is 11.7. The van der Waals surface area contributed by atoms with Gasteiger partial charge in [0.1, 0.15) is 0 Å². The summed E-state index contributed by atoms with van der Waals surface area (Å²) >= 11 is 0. The summed E-state index contributed by atoms with van der Waals surface area (Å²) < 4.78 is 37.3. The zero-order chi connectivity index (χ0) is 15.3. The fraction of sp³-hybridized carbons (Fsp3) is 0.533. The van der Waals surface area contributed by atoms with Crippen molar-refractivity contribution >= 4 is 5.91 Å². The third-order valence-electron chi connectivity index (χ3n) is 3.64. The third kappa shape index (κ3) is 5.04. The van der Waals surface area contributed by atoms with Crippen molar-refractivity contribution in [3.05, 3.63) is 35.4 Å². The quantitative estimate of drug-likeness (QED) is 0.897. The summed E-state index contributed by atoms with van der Waals surface area (Å²) in [7, 11) is 0. The molecule has 1 fully saturated rings. The van der Waals surface area contributed by atoms with Crippen LogP contribution in [0.3, 0.4) is 0 Å². The molecule has 0 aromatic heterocycles. The maximum Gasteiger partial charge on any atom is 0.416 e. The van der Waals surface area contributed by atoms with Crippen molar-refractivity contribution < 1.29 is 18.0 Å².